The third-order valence-electron chi connectivity index (χ3n) is 3.60. The molecule has 0 aliphatic carbocycles. The van der Waals surface area contributed by atoms with Gasteiger partial charge >= 0.3 is 0 Å². The molecule has 0 fully saturated rings. The molecule has 1 aromatic heterocycles. The van der Waals surface area contributed by atoms with Gasteiger partial charge in [0.15, 0.2) is 0 Å². The smallest absolute Gasteiger partial charge is 0.0366 e. The number of thiophene rings is 1. The minimum absolute atomic E-state index is 0.342. The van der Waals surface area contributed by atoms with Gasteiger partial charge in [0.05, 0.1) is 0 Å². The third kappa shape index (κ3) is 2.80. The number of halogens is 1. The van der Waals surface area contributed by atoms with E-state index in [1.54, 1.807) is 11.3 Å². The minimum atomic E-state index is 0.342. The average Bonchev–Trinajstić information content (AvgIpc) is 2.89. The van der Waals surface area contributed by atoms with Crippen LogP contribution in [0.4, 0.5) is 0 Å². The Morgan fingerprint density at radius 1 is 1.10 bits per heavy atom. The molecule has 1 heterocycles. The molecular formula is C17H16BrNS. The van der Waals surface area contributed by atoms with Crippen LogP contribution in [0, 0.1) is 0 Å². The van der Waals surface area contributed by atoms with E-state index in [0.29, 0.717) is 6.04 Å². The normalized spacial score (nSPS) is 12.7. The second-order valence-electron chi connectivity index (χ2n) is 4.84. The van der Waals surface area contributed by atoms with E-state index in [9.17, 15) is 0 Å². The van der Waals surface area contributed by atoms with E-state index in [0.717, 1.165) is 6.42 Å². The maximum Gasteiger partial charge on any atom is 0.0366 e. The van der Waals surface area contributed by atoms with Crippen LogP contribution in [0.5, 0.6) is 0 Å². The molecule has 1 nitrogen and oxygen atoms in total. The topological polar surface area (TPSA) is 12.0 Å². The van der Waals surface area contributed by atoms with E-state index < -0.39 is 0 Å². The molecule has 3 rings (SSSR count). The van der Waals surface area contributed by atoms with E-state index in [1.165, 1.54) is 25.7 Å². The molecule has 0 radical (unpaired) electrons. The van der Waals surface area contributed by atoms with Crippen LogP contribution in [0.25, 0.3) is 10.8 Å². The first-order chi connectivity index (χ1) is 9.78. The lowest BCUT2D eigenvalue weighted by molar-refractivity contribution is 0.596. The largest absolute Gasteiger partial charge is 0.313 e. The van der Waals surface area contributed by atoms with Crippen LogP contribution >= 0.6 is 27.3 Å². The Hall–Kier alpha value is -1.16. The van der Waals surface area contributed by atoms with E-state index in [4.69, 9.17) is 0 Å². The van der Waals surface area contributed by atoms with Crippen LogP contribution < -0.4 is 5.32 Å². The van der Waals surface area contributed by atoms with Crippen molar-refractivity contribution in [2.75, 3.05) is 7.05 Å². The van der Waals surface area contributed by atoms with Crippen LogP contribution in [-0.4, -0.2) is 7.05 Å². The Bertz CT molecular complexity index is 720. The molecular weight excluding hydrogens is 330 g/mol. The van der Waals surface area contributed by atoms with Crippen LogP contribution in [-0.2, 0) is 6.42 Å². The molecule has 0 aliphatic heterocycles. The zero-order chi connectivity index (χ0) is 13.9. The van der Waals surface area contributed by atoms with Crippen LogP contribution in [0.2, 0.25) is 0 Å². The van der Waals surface area contributed by atoms with Crippen molar-refractivity contribution >= 4 is 38.0 Å². The summed E-state index contributed by atoms with van der Waals surface area (Å²) in [6.45, 7) is 0. The Labute approximate surface area is 131 Å². The van der Waals surface area contributed by atoms with Crippen molar-refractivity contribution < 1.29 is 0 Å². The molecule has 1 N–H and O–H groups in total. The van der Waals surface area contributed by atoms with Crippen LogP contribution in [0.15, 0.2) is 58.4 Å². The highest BCUT2D eigenvalue weighted by molar-refractivity contribution is 9.10. The molecule has 0 amide bonds. The van der Waals surface area contributed by atoms with Crippen molar-refractivity contribution in [2.24, 2.45) is 0 Å². The minimum Gasteiger partial charge on any atom is -0.313 e. The van der Waals surface area contributed by atoms with E-state index in [2.05, 4.69) is 75.2 Å². The van der Waals surface area contributed by atoms with E-state index in [-0.39, 0.29) is 0 Å². The summed E-state index contributed by atoms with van der Waals surface area (Å²) in [5.41, 5.74) is 1.34. The van der Waals surface area contributed by atoms with Gasteiger partial charge < -0.3 is 5.32 Å². The number of rotatable bonds is 4. The molecule has 0 spiro atoms. The Morgan fingerprint density at radius 3 is 2.60 bits per heavy atom. The summed E-state index contributed by atoms with van der Waals surface area (Å²) in [4.78, 5) is 1.39. The first-order valence-electron chi connectivity index (χ1n) is 6.66. The highest BCUT2D eigenvalue weighted by Crippen LogP contribution is 2.29. The highest BCUT2D eigenvalue weighted by Gasteiger charge is 2.13. The Balaban J connectivity index is 1.92. The summed E-state index contributed by atoms with van der Waals surface area (Å²) in [7, 11) is 2.03. The Kier molecular flexibility index (Phi) is 4.20. The lowest BCUT2D eigenvalue weighted by Gasteiger charge is -2.17. The fourth-order valence-electron chi connectivity index (χ4n) is 2.47. The summed E-state index contributed by atoms with van der Waals surface area (Å²) in [6.07, 6.45) is 1.01. The maximum atomic E-state index is 3.62. The molecule has 2 aromatic carbocycles. The molecule has 3 heteroatoms. The molecule has 1 atom stereocenters. The second kappa shape index (κ2) is 6.08. The van der Waals surface area contributed by atoms with Gasteiger partial charge in [-0.3, -0.25) is 0 Å². The molecule has 1 unspecified atom stereocenters. The third-order valence-corrected chi connectivity index (χ3v) is 5.55. The van der Waals surface area contributed by atoms with Gasteiger partial charge in [0, 0.05) is 21.8 Å². The monoisotopic (exact) mass is 345 g/mol. The first-order valence-corrected chi connectivity index (χ1v) is 8.33. The summed E-state index contributed by atoms with van der Waals surface area (Å²) in [5, 5.41) is 8.16. The van der Waals surface area contributed by atoms with E-state index >= 15 is 0 Å². The molecule has 102 valence electrons. The van der Waals surface area contributed by atoms with Crippen molar-refractivity contribution in [3.8, 4) is 0 Å². The van der Waals surface area contributed by atoms with Gasteiger partial charge in [-0.1, -0.05) is 36.4 Å². The highest BCUT2D eigenvalue weighted by atomic mass is 79.9. The summed E-state index contributed by atoms with van der Waals surface area (Å²) < 4.78 is 1.21. The first kappa shape index (κ1) is 13.8. The van der Waals surface area contributed by atoms with E-state index in [1.807, 2.05) is 7.05 Å². The van der Waals surface area contributed by atoms with Crippen molar-refractivity contribution in [1.29, 1.82) is 0 Å². The number of nitrogens with one attached hydrogen (secondary N) is 1. The fourth-order valence-corrected chi connectivity index (χ4v) is 4.03. The SMILES string of the molecule is CNC(Cc1sccc1Br)c1ccc2ccccc2c1. The van der Waals surface area contributed by atoms with Gasteiger partial charge in [0.1, 0.15) is 0 Å². The lowest BCUT2D eigenvalue weighted by atomic mass is 9.99. The summed E-state index contributed by atoms with van der Waals surface area (Å²) in [5.74, 6) is 0. The number of likely N-dealkylation sites (N-methyl/N-ethyl adjacent to an activating group) is 1. The van der Waals surface area contributed by atoms with Crippen molar-refractivity contribution in [3.63, 3.8) is 0 Å². The van der Waals surface area contributed by atoms with Gasteiger partial charge in [0.2, 0.25) is 0 Å². The van der Waals surface area contributed by atoms with Crippen molar-refractivity contribution in [3.05, 3.63) is 68.8 Å². The van der Waals surface area contributed by atoms with Crippen LogP contribution in [0.3, 0.4) is 0 Å². The zero-order valence-electron chi connectivity index (χ0n) is 11.3. The predicted molar refractivity (Wildman–Crippen MR) is 91.5 cm³/mol. The summed E-state index contributed by atoms with van der Waals surface area (Å²) in [6, 6.07) is 17.7. The van der Waals surface area contributed by atoms with Gasteiger partial charge in [-0.15, -0.1) is 11.3 Å². The Morgan fingerprint density at radius 2 is 1.90 bits per heavy atom. The van der Waals surface area contributed by atoms with Crippen LogP contribution in [0.1, 0.15) is 16.5 Å². The van der Waals surface area contributed by atoms with Gasteiger partial charge in [-0.2, -0.15) is 0 Å². The van der Waals surface area contributed by atoms with Crippen molar-refractivity contribution in [2.45, 2.75) is 12.5 Å². The summed E-state index contributed by atoms with van der Waals surface area (Å²) >= 11 is 5.42. The lowest BCUT2D eigenvalue weighted by Crippen LogP contribution is -2.18. The molecule has 0 bridgehead atoms. The van der Waals surface area contributed by atoms with Gasteiger partial charge in [-0.05, 0) is 56.8 Å². The second-order valence-corrected chi connectivity index (χ2v) is 6.70. The molecule has 0 saturated carbocycles. The fraction of sp³-hybridized carbons (Fsp3) is 0.176. The maximum absolute atomic E-state index is 3.62. The molecule has 0 aliphatic rings. The number of hydrogen-bond acceptors (Lipinski definition) is 2. The zero-order valence-corrected chi connectivity index (χ0v) is 13.7. The number of hydrogen-bond donors (Lipinski definition) is 1. The quantitative estimate of drug-likeness (QED) is 0.687. The standard InChI is InChI=1S/C17H16BrNS/c1-19-16(11-17-15(18)8-9-20-17)14-7-6-12-4-2-3-5-13(12)10-14/h2-10,16,19H,11H2,1H3. The predicted octanol–water partition coefficient (Wildman–Crippen LogP) is 5.17. The van der Waals surface area contributed by atoms with Gasteiger partial charge in [-0.25, -0.2) is 0 Å². The average molecular weight is 346 g/mol. The molecule has 20 heavy (non-hydrogen) atoms. The molecule has 0 saturated heterocycles. The van der Waals surface area contributed by atoms with Crippen molar-refractivity contribution in [1.82, 2.24) is 5.32 Å². The van der Waals surface area contributed by atoms with Gasteiger partial charge in [0.25, 0.3) is 0 Å². The number of benzene rings is 2. The molecule has 3 aromatic rings. The number of fused-ring (bicyclic) bond motifs is 1.